The molecule has 2 unspecified atom stereocenters. The molecule has 10 nitrogen and oxygen atoms in total. The van der Waals surface area contributed by atoms with Crippen molar-refractivity contribution >= 4 is 35.3 Å². The van der Waals surface area contributed by atoms with E-state index in [4.69, 9.17) is 5.73 Å². The third kappa shape index (κ3) is 7.54. The van der Waals surface area contributed by atoms with E-state index in [1.807, 2.05) is 0 Å². The molecule has 0 fully saturated rings. The molecule has 3 aromatic carbocycles. The van der Waals surface area contributed by atoms with Crippen molar-refractivity contribution in [1.82, 2.24) is 10.2 Å². The molecule has 0 aliphatic carbocycles. The van der Waals surface area contributed by atoms with Gasteiger partial charge in [-0.3, -0.25) is 19.2 Å². The maximum atomic E-state index is 14.5. The number of hydrogen-bond acceptors (Lipinski definition) is 7. The molecule has 0 saturated heterocycles. The lowest BCUT2D eigenvalue weighted by molar-refractivity contribution is -0.202. The Balaban J connectivity index is 1.87. The number of halogens is 3. The van der Waals surface area contributed by atoms with Gasteiger partial charge < -0.3 is 25.6 Å². The number of nitrogens with one attached hydrogen (secondary N) is 1. The van der Waals surface area contributed by atoms with Crippen LogP contribution in [0.25, 0.3) is 0 Å². The van der Waals surface area contributed by atoms with Crippen LogP contribution in [0.2, 0.25) is 0 Å². The lowest BCUT2D eigenvalue weighted by atomic mass is 9.95. The second kappa shape index (κ2) is 13.9. The van der Waals surface area contributed by atoms with Crippen LogP contribution in [0.5, 0.6) is 0 Å². The topological polar surface area (TPSA) is 139 Å². The highest BCUT2D eigenvalue weighted by atomic mass is 19.4. The Kier molecular flexibility index (Phi) is 10.00. The average Bonchev–Trinajstić information content (AvgIpc) is 3.10. The summed E-state index contributed by atoms with van der Waals surface area (Å²) in [4.78, 5) is 67.3. The van der Waals surface area contributed by atoms with Gasteiger partial charge in [-0.2, -0.15) is 13.2 Å². The van der Waals surface area contributed by atoms with Crippen molar-refractivity contribution < 1.29 is 41.9 Å². The van der Waals surface area contributed by atoms with Crippen LogP contribution in [0.4, 0.5) is 18.9 Å². The second-order valence-electron chi connectivity index (χ2n) is 9.84. The summed E-state index contributed by atoms with van der Waals surface area (Å²) in [6.45, 7) is 0.414. The standard InChI is InChI=1S/C32H27F3N4O6/c1-38-24-14-12-20(13-15-26(40)37-17-16-36)18-23(24)29(42)39(28(30(38)43)22-10-6-3-7-11-22)25(21-8-4-2-5-9-21)19-27(41)45-31(44)32(33,34)35/h2-12,14,18,25,28H,16-17,19,36H2,1H3,(H,37,40). The third-order valence-corrected chi connectivity index (χ3v) is 6.85. The Hall–Kier alpha value is -5.48. The molecule has 0 aromatic heterocycles. The Morgan fingerprint density at radius 1 is 1.00 bits per heavy atom. The zero-order chi connectivity index (χ0) is 32.7. The van der Waals surface area contributed by atoms with E-state index in [0.717, 1.165) is 4.90 Å². The van der Waals surface area contributed by atoms with Gasteiger partial charge in [0, 0.05) is 31.6 Å². The number of hydrogen-bond donors (Lipinski definition) is 2. The molecule has 3 amide bonds. The lowest BCUT2D eigenvalue weighted by Gasteiger charge is -2.36. The number of rotatable bonds is 7. The predicted molar refractivity (Wildman–Crippen MR) is 155 cm³/mol. The molecule has 0 bridgehead atoms. The van der Waals surface area contributed by atoms with Crippen molar-refractivity contribution in [3.05, 3.63) is 101 Å². The quantitative estimate of drug-likeness (QED) is 0.235. The van der Waals surface area contributed by atoms with Gasteiger partial charge in [-0.25, -0.2) is 4.79 Å². The third-order valence-electron chi connectivity index (χ3n) is 6.85. The minimum absolute atomic E-state index is 0.0286. The van der Waals surface area contributed by atoms with E-state index in [1.165, 1.54) is 42.3 Å². The van der Waals surface area contributed by atoms with Gasteiger partial charge in [0.1, 0.15) is 6.04 Å². The van der Waals surface area contributed by atoms with Crippen molar-refractivity contribution in [1.29, 1.82) is 0 Å². The van der Waals surface area contributed by atoms with Gasteiger partial charge in [-0.1, -0.05) is 66.6 Å². The Bertz CT molecular complexity index is 1670. The molecule has 232 valence electrons. The SMILES string of the molecule is CN1C(=O)C(c2ccccc2)N(C(CC(=O)OC(=O)C(F)(F)F)c2ccccc2)C(=O)c2cc(C#CC(=O)NCCN)ccc21. The van der Waals surface area contributed by atoms with Gasteiger partial charge in [0.25, 0.3) is 17.7 Å². The van der Waals surface area contributed by atoms with Gasteiger partial charge in [0.15, 0.2) is 0 Å². The zero-order valence-electron chi connectivity index (χ0n) is 23.8. The van der Waals surface area contributed by atoms with Gasteiger partial charge in [-0.15, -0.1) is 0 Å². The normalized spacial score (nSPS) is 15.3. The van der Waals surface area contributed by atoms with Gasteiger partial charge >= 0.3 is 18.1 Å². The van der Waals surface area contributed by atoms with E-state index in [0.29, 0.717) is 5.56 Å². The number of ether oxygens (including phenoxy) is 1. The van der Waals surface area contributed by atoms with E-state index in [-0.39, 0.29) is 35.5 Å². The first-order chi connectivity index (χ1) is 21.4. The van der Waals surface area contributed by atoms with Crippen LogP contribution in [0.15, 0.2) is 78.9 Å². The van der Waals surface area contributed by atoms with Crippen LogP contribution in [-0.2, 0) is 23.9 Å². The van der Waals surface area contributed by atoms with Crippen molar-refractivity contribution in [3.63, 3.8) is 0 Å². The number of anilines is 1. The van der Waals surface area contributed by atoms with Gasteiger partial charge in [0.05, 0.1) is 23.7 Å². The largest absolute Gasteiger partial charge is 0.491 e. The van der Waals surface area contributed by atoms with Crippen LogP contribution >= 0.6 is 0 Å². The fourth-order valence-electron chi connectivity index (χ4n) is 4.79. The number of esters is 2. The lowest BCUT2D eigenvalue weighted by Crippen LogP contribution is -2.44. The highest BCUT2D eigenvalue weighted by Gasteiger charge is 2.46. The van der Waals surface area contributed by atoms with Crippen molar-refractivity contribution in [3.8, 4) is 11.8 Å². The fraction of sp³-hybridized carbons (Fsp3) is 0.219. The molecule has 1 aliphatic heterocycles. The monoisotopic (exact) mass is 620 g/mol. The molecule has 3 aromatic rings. The fourth-order valence-corrected chi connectivity index (χ4v) is 4.79. The first-order valence-electron chi connectivity index (χ1n) is 13.6. The van der Waals surface area contributed by atoms with E-state index < -0.39 is 54.3 Å². The number of nitrogens with zero attached hydrogens (tertiary/aromatic N) is 2. The van der Waals surface area contributed by atoms with Crippen molar-refractivity contribution in [2.45, 2.75) is 24.7 Å². The van der Waals surface area contributed by atoms with Crippen LogP contribution in [-0.4, -0.2) is 60.9 Å². The summed E-state index contributed by atoms with van der Waals surface area (Å²) in [6, 6.07) is 17.7. The molecule has 0 radical (unpaired) electrons. The Morgan fingerprint density at radius 3 is 2.27 bits per heavy atom. The molecule has 45 heavy (non-hydrogen) atoms. The molecular weight excluding hydrogens is 593 g/mol. The molecular formula is C32H27F3N4O6. The van der Waals surface area contributed by atoms with Crippen LogP contribution < -0.4 is 16.0 Å². The molecule has 13 heteroatoms. The molecule has 4 rings (SSSR count). The number of carbonyl (C=O) groups excluding carboxylic acids is 5. The molecule has 0 spiro atoms. The number of nitrogens with two attached hydrogens (primary N) is 1. The van der Waals surface area contributed by atoms with Crippen LogP contribution in [0.3, 0.4) is 0 Å². The molecule has 3 N–H and O–H groups in total. The molecule has 1 heterocycles. The first-order valence-corrected chi connectivity index (χ1v) is 13.6. The first kappa shape index (κ1) is 32.4. The number of alkyl halides is 3. The summed E-state index contributed by atoms with van der Waals surface area (Å²) >= 11 is 0. The van der Waals surface area contributed by atoms with Crippen molar-refractivity contribution in [2.24, 2.45) is 5.73 Å². The minimum atomic E-state index is -5.43. The van der Waals surface area contributed by atoms with Crippen molar-refractivity contribution in [2.75, 3.05) is 25.0 Å². The summed E-state index contributed by atoms with van der Waals surface area (Å²) < 4.78 is 42.8. The zero-order valence-corrected chi connectivity index (χ0v) is 23.8. The van der Waals surface area contributed by atoms with E-state index in [1.54, 1.807) is 48.5 Å². The molecule has 2 atom stereocenters. The summed E-state index contributed by atoms with van der Waals surface area (Å²) in [6.07, 6.45) is -6.33. The summed E-state index contributed by atoms with van der Waals surface area (Å²) in [7, 11) is 1.45. The van der Waals surface area contributed by atoms with E-state index >= 15 is 0 Å². The minimum Gasteiger partial charge on any atom is -0.386 e. The van der Waals surface area contributed by atoms with E-state index in [2.05, 4.69) is 21.9 Å². The van der Waals surface area contributed by atoms with E-state index in [9.17, 15) is 37.1 Å². The molecule has 1 aliphatic rings. The average molecular weight is 621 g/mol. The smallest absolute Gasteiger partial charge is 0.386 e. The number of fused-ring (bicyclic) bond motifs is 1. The predicted octanol–water partition coefficient (Wildman–Crippen LogP) is 3.04. The number of likely N-dealkylation sites (N-methyl/N-ethyl adjacent to an activating group) is 1. The maximum absolute atomic E-state index is 14.5. The number of carbonyl (C=O) groups is 5. The summed E-state index contributed by atoms with van der Waals surface area (Å²) in [5, 5.41) is 2.50. The van der Waals surface area contributed by atoms with Crippen LogP contribution in [0.1, 0.15) is 45.6 Å². The Morgan fingerprint density at radius 2 is 1.64 bits per heavy atom. The molecule has 0 saturated carbocycles. The summed E-state index contributed by atoms with van der Waals surface area (Å²) in [5.74, 6) is -1.16. The number of benzene rings is 3. The van der Waals surface area contributed by atoms with Crippen LogP contribution in [0, 0.1) is 11.8 Å². The summed E-state index contributed by atoms with van der Waals surface area (Å²) in [5.41, 5.74) is 6.43. The highest BCUT2D eigenvalue weighted by molar-refractivity contribution is 6.11. The van der Waals surface area contributed by atoms with Gasteiger partial charge in [0.2, 0.25) is 0 Å². The second-order valence-corrected chi connectivity index (χ2v) is 9.84. The maximum Gasteiger partial charge on any atom is 0.491 e. The Labute approximate surface area is 255 Å². The van der Waals surface area contributed by atoms with Gasteiger partial charge in [-0.05, 0) is 29.3 Å². The highest BCUT2D eigenvalue weighted by Crippen LogP contribution is 2.41. The number of amides is 3.